The van der Waals surface area contributed by atoms with Crippen LogP contribution in [0.4, 0.5) is 15.8 Å². The van der Waals surface area contributed by atoms with E-state index in [1.165, 1.54) is 19.2 Å². The van der Waals surface area contributed by atoms with Crippen LogP contribution in [0.3, 0.4) is 0 Å². The highest BCUT2D eigenvalue weighted by molar-refractivity contribution is 9.10. The van der Waals surface area contributed by atoms with Gasteiger partial charge in [0.05, 0.1) is 22.3 Å². The quantitative estimate of drug-likeness (QED) is 0.638. The molecule has 0 aliphatic carbocycles. The van der Waals surface area contributed by atoms with Gasteiger partial charge in [0.25, 0.3) is 5.91 Å². The van der Waals surface area contributed by atoms with Crippen molar-refractivity contribution in [2.45, 2.75) is 12.5 Å². The van der Waals surface area contributed by atoms with Gasteiger partial charge in [-0.3, -0.25) is 14.5 Å². The van der Waals surface area contributed by atoms with Crippen LogP contribution in [0.1, 0.15) is 6.42 Å². The Kier molecular flexibility index (Phi) is 3.25. The third-order valence-electron chi connectivity index (χ3n) is 2.80. The Morgan fingerprint density at radius 1 is 1.50 bits per heavy atom. The van der Waals surface area contributed by atoms with Crippen molar-refractivity contribution in [2.75, 3.05) is 18.1 Å². The first-order chi connectivity index (χ1) is 8.40. The lowest BCUT2D eigenvalue weighted by Gasteiger charge is -2.14. The van der Waals surface area contributed by atoms with Crippen molar-refractivity contribution in [2.24, 2.45) is 0 Å². The summed E-state index contributed by atoms with van der Waals surface area (Å²) < 4.78 is 13.6. The summed E-state index contributed by atoms with van der Waals surface area (Å²) in [4.78, 5) is 24.1. The Labute approximate surface area is 111 Å². The maximum Gasteiger partial charge on any atom is 0.251 e. The van der Waals surface area contributed by atoms with Crippen LogP contribution in [0.25, 0.3) is 0 Å². The van der Waals surface area contributed by atoms with Gasteiger partial charge in [-0.25, -0.2) is 4.39 Å². The molecule has 0 saturated carbocycles. The number of imide groups is 1. The number of amides is 2. The predicted octanol–water partition coefficient (Wildman–Crippen LogP) is 1.34. The highest BCUT2D eigenvalue weighted by Gasteiger charge is 2.36. The molecule has 2 amide bonds. The van der Waals surface area contributed by atoms with Crippen LogP contribution < -0.4 is 11.1 Å². The molecular weight excluding hydrogens is 305 g/mol. The molecule has 0 radical (unpaired) electrons. The topological polar surface area (TPSA) is 75.4 Å². The van der Waals surface area contributed by atoms with Crippen molar-refractivity contribution in [1.29, 1.82) is 0 Å². The molecule has 1 atom stereocenters. The van der Waals surface area contributed by atoms with Crippen LogP contribution in [0.2, 0.25) is 0 Å². The van der Waals surface area contributed by atoms with E-state index in [9.17, 15) is 14.0 Å². The summed E-state index contributed by atoms with van der Waals surface area (Å²) in [5, 5.41) is 2.79. The standard InChI is InChI=1S/C11H11BrFN3O2/c1-16-10(17)4-9(11(16)18)15-8-3-6(13)5(12)2-7(8)14/h2-3,9,15H,4,14H2,1H3. The Balaban J connectivity index is 2.23. The molecule has 1 saturated heterocycles. The van der Waals surface area contributed by atoms with E-state index in [-0.39, 0.29) is 22.7 Å². The lowest BCUT2D eigenvalue weighted by molar-refractivity contribution is -0.136. The highest BCUT2D eigenvalue weighted by Crippen LogP contribution is 2.28. The van der Waals surface area contributed by atoms with Gasteiger partial charge in [0.15, 0.2) is 0 Å². The number of hydrogen-bond acceptors (Lipinski definition) is 4. The molecule has 1 aliphatic rings. The Morgan fingerprint density at radius 3 is 2.72 bits per heavy atom. The van der Waals surface area contributed by atoms with Crippen LogP contribution in [-0.4, -0.2) is 29.8 Å². The Hall–Kier alpha value is -1.63. The van der Waals surface area contributed by atoms with Crippen molar-refractivity contribution in [3.8, 4) is 0 Å². The number of benzene rings is 1. The van der Waals surface area contributed by atoms with E-state index >= 15 is 0 Å². The molecule has 0 spiro atoms. The third kappa shape index (κ3) is 2.17. The lowest BCUT2D eigenvalue weighted by Crippen LogP contribution is -2.32. The number of nitrogen functional groups attached to an aromatic ring is 1. The molecule has 3 N–H and O–H groups in total. The van der Waals surface area contributed by atoms with Crippen molar-refractivity contribution in [3.05, 3.63) is 22.4 Å². The maximum absolute atomic E-state index is 13.4. The minimum Gasteiger partial charge on any atom is -0.397 e. The second kappa shape index (κ2) is 4.56. The number of rotatable bonds is 2. The van der Waals surface area contributed by atoms with E-state index in [1.54, 1.807) is 0 Å². The molecule has 1 aromatic rings. The SMILES string of the molecule is CN1C(=O)CC(Nc2cc(F)c(Br)cc2N)C1=O. The van der Waals surface area contributed by atoms with Gasteiger partial charge in [-0.1, -0.05) is 0 Å². The Bertz CT molecular complexity index is 535. The predicted molar refractivity (Wildman–Crippen MR) is 68.3 cm³/mol. The summed E-state index contributed by atoms with van der Waals surface area (Å²) in [6.07, 6.45) is 0.0481. The number of halogens is 2. The molecule has 1 fully saturated rings. The molecule has 1 aliphatic heterocycles. The number of nitrogens with zero attached hydrogens (tertiary/aromatic N) is 1. The van der Waals surface area contributed by atoms with Crippen molar-refractivity contribution in [1.82, 2.24) is 4.90 Å². The van der Waals surface area contributed by atoms with Gasteiger partial charge in [0, 0.05) is 13.1 Å². The zero-order chi connectivity index (χ0) is 13.4. The number of nitrogens with one attached hydrogen (secondary N) is 1. The summed E-state index contributed by atoms with van der Waals surface area (Å²) in [5.41, 5.74) is 6.32. The van der Waals surface area contributed by atoms with Crippen molar-refractivity contribution in [3.63, 3.8) is 0 Å². The number of anilines is 2. The van der Waals surface area contributed by atoms with Crippen LogP contribution in [0.5, 0.6) is 0 Å². The lowest BCUT2D eigenvalue weighted by atomic mass is 10.2. The van der Waals surface area contributed by atoms with Gasteiger partial charge in [-0.15, -0.1) is 0 Å². The molecule has 2 rings (SSSR count). The summed E-state index contributed by atoms with van der Waals surface area (Å²) in [6, 6.07) is 1.91. The minimum atomic E-state index is -0.689. The highest BCUT2D eigenvalue weighted by atomic mass is 79.9. The van der Waals surface area contributed by atoms with Crippen LogP contribution in [0, 0.1) is 5.82 Å². The average Bonchev–Trinajstić information content (AvgIpc) is 2.54. The smallest absolute Gasteiger partial charge is 0.251 e. The zero-order valence-electron chi connectivity index (χ0n) is 9.54. The van der Waals surface area contributed by atoms with E-state index in [2.05, 4.69) is 21.2 Å². The zero-order valence-corrected chi connectivity index (χ0v) is 11.1. The van der Waals surface area contributed by atoms with E-state index in [0.29, 0.717) is 11.4 Å². The monoisotopic (exact) mass is 315 g/mol. The molecule has 0 aromatic heterocycles. The molecule has 7 heteroatoms. The molecule has 96 valence electrons. The van der Waals surface area contributed by atoms with Gasteiger partial charge >= 0.3 is 0 Å². The summed E-state index contributed by atoms with van der Waals surface area (Å²) in [6.45, 7) is 0. The molecule has 1 unspecified atom stereocenters. The van der Waals surface area contributed by atoms with E-state index < -0.39 is 11.9 Å². The average molecular weight is 316 g/mol. The first-order valence-corrected chi connectivity index (χ1v) is 6.01. The second-order valence-electron chi connectivity index (χ2n) is 4.05. The summed E-state index contributed by atoms with van der Waals surface area (Å²) in [7, 11) is 1.41. The fourth-order valence-electron chi connectivity index (χ4n) is 1.74. The molecular formula is C11H11BrFN3O2. The maximum atomic E-state index is 13.4. The molecule has 18 heavy (non-hydrogen) atoms. The van der Waals surface area contributed by atoms with Crippen LogP contribution in [0.15, 0.2) is 16.6 Å². The number of hydrogen-bond donors (Lipinski definition) is 2. The molecule has 0 bridgehead atoms. The first-order valence-electron chi connectivity index (χ1n) is 5.21. The van der Waals surface area contributed by atoms with Crippen LogP contribution in [-0.2, 0) is 9.59 Å². The van der Waals surface area contributed by atoms with Crippen molar-refractivity contribution >= 4 is 39.1 Å². The van der Waals surface area contributed by atoms with Gasteiger partial charge < -0.3 is 11.1 Å². The van der Waals surface area contributed by atoms with Gasteiger partial charge in [-0.05, 0) is 22.0 Å². The van der Waals surface area contributed by atoms with Gasteiger partial charge in [0.1, 0.15) is 11.9 Å². The first kappa shape index (κ1) is 12.8. The number of likely N-dealkylation sites (tertiary alicyclic amines) is 1. The number of carbonyl (C=O) groups is 2. The van der Waals surface area contributed by atoms with E-state index in [1.807, 2.05) is 0 Å². The number of nitrogens with two attached hydrogens (primary N) is 1. The van der Waals surface area contributed by atoms with Crippen molar-refractivity contribution < 1.29 is 14.0 Å². The van der Waals surface area contributed by atoms with Gasteiger partial charge in [0.2, 0.25) is 5.91 Å². The van der Waals surface area contributed by atoms with E-state index in [0.717, 1.165) is 4.90 Å². The fourth-order valence-corrected chi connectivity index (χ4v) is 2.10. The number of carbonyl (C=O) groups excluding carboxylic acids is 2. The Morgan fingerprint density at radius 2 is 2.17 bits per heavy atom. The minimum absolute atomic E-state index is 0.0481. The fraction of sp³-hybridized carbons (Fsp3) is 0.273. The molecule has 1 heterocycles. The second-order valence-corrected chi connectivity index (χ2v) is 4.90. The molecule has 5 nitrogen and oxygen atoms in total. The summed E-state index contributed by atoms with van der Waals surface area (Å²) >= 11 is 3.01. The normalized spacial score (nSPS) is 19.5. The van der Waals surface area contributed by atoms with E-state index in [4.69, 9.17) is 5.73 Å². The van der Waals surface area contributed by atoms with Gasteiger partial charge in [-0.2, -0.15) is 0 Å². The summed E-state index contributed by atoms with van der Waals surface area (Å²) in [5.74, 6) is -1.10. The largest absolute Gasteiger partial charge is 0.397 e. The third-order valence-corrected chi connectivity index (χ3v) is 3.41. The number of likely N-dealkylation sites (N-methyl/N-ethyl adjacent to an activating group) is 1. The van der Waals surface area contributed by atoms with Crippen LogP contribution >= 0.6 is 15.9 Å². The molecule has 1 aromatic carbocycles.